The van der Waals surface area contributed by atoms with Gasteiger partial charge in [0.05, 0.1) is 19.1 Å². The Kier molecular flexibility index (Phi) is 11.0. The van der Waals surface area contributed by atoms with Gasteiger partial charge in [-0.2, -0.15) is 0 Å². The highest BCUT2D eigenvalue weighted by Gasteiger charge is 2.22. The molecule has 2 unspecified atom stereocenters. The average molecular weight is 366 g/mol. The van der Waals surface area contributed by atoms with Crippen LogP contribution in [0, 0.1) is 5.92 Å². The standard InChI is InChI=1S/C11H14O2.C10H20O3/c1-2-9-3-5-10(6-4-9)12-7-11-8-13-11;1-5-6-7-12-9(4)13-10(11)8(2)3/h3-6,11H,2,7-8H2,1H3;8-9H,5-7H2,1-4H3. The number of aryl methyl sites for hydroxylation is 1. The molecular weight excluding hydrogens is 332 g/mol. The van der Waals surface area contributed by atoms with Crippen LogP contribution in [-0.2, 0) is 25.4 Å². The monoisotopic (exact) mass is 366 g/mol. The quantitative estimate of drug-likeness (QED) is 0.266. The maximum Gasteiger partial charge on any atom is 0.310 e. The SMILES string of the molecule is CCCCOC(C)OC(=O)C(C)C.CCc1ccc(OCC2CO2)cc1. The second-order valence-corrected chi connectivity index (χ2v) is 6.65. The van der Waals surface area contributed by atoms with Crippen LogP contribution in [0.3, 0.4) is 0 Å². The Morgan fingerprint density at radius 2 is 1.85 bits per heavy atom. The molecule has 1 heterocycles. The molecule has 5 heteroatoms. The minimum absolute atomic E-state index is 0.0859. The molecule has 0 N–H and O–H groups in total. The molecule has 0 aromatic heterocycles. The van der Waals surface area contributed by atoms with Gasteiger partial charge in [0.1, 0.15) is 18.5 Å². The first-order valence-corrected chi connectivity index (χ1v) is 9.61. The summed E-state index contributed by atoms with van der Waals surface area (Å²) in [7, 11) is 0. The fourth-order valence-corrected chi connectivity index (χ4v) is 1.90. The molecule has 0 spiro atoms. The fraction of sp³-hybridized carbons (Fsp3) is 0.667. The van der Waals surface area contributed by atoms with Crippen molar-refractivity contribution in [2.24, 2.45) is 5.92 Å². The molecule has 26 heavy (non-hydrogen) atoms. The molecule has 0 saturated carbocycles. The van der Waals surface area contributed by atoms with E-state index in [1.54, 1.807) is 20.8 Å². The largest absolute Gasteiger partial charge is 0.491 e. The topological polar surface area (TPSA) is 57.3 Å². The fourth-order valence-electron chi connectivity index (χ4n) is 1.90. The van der Waals surface area contributed by atoms with Crippen molar-refractivity contribution in [3.05, 3.63) is 29.8 Å². The Hall–Kier alpha value is -1.59. The van der Waals surface area contributed by atoms with E-state index in [9.17, 15) is 4.79 Å². The maximum absolute atomic E-state index is 11.1. The number of carbonyl (C=O) groups excluding carboxylic acids is 1. The van der Waals surface area contributed by atoms with E-state index in [0.717, 1.165) is 31.6 Å². The van der Waals surface area contributed by atoms with E-state index in [1.165, 1.54) is 5.56 Å². The highest BCUT2D eigenvalue weighted by molar-refractivity contribution is 5.71. The van der Waals surface area contributed by atoms with Crippen LogP contribution in [0.2, 0.25) is 0 Å². The Labute approximate surface area is 158 Å². The van der Waals surface area contributed by atoms with Gasteiger partial charge in [-0.05, 0) is 37.5 Å². The van der Waals surface area contributed by atoms with Gasteiger partial charge in [-0.3, -0.25) is 4.79 Å². The van der Waals surface area contributed by atoms with Crippen molar-refractivity contribution in [2.75, 3.05) is 19.8 Å². The number of benzene rings is 1. The first kappa shape index (κ1) is 22.5. The van der Waals surface area contributed by atoms with Gasteiger partial charge in [0, 0.05) is 0 Å². The van der Waals surface area contributed by atoms with E-state index in [4.69, 9.17) is 18.9 Å². The molecule has 5 nitrogen and oxygen atoms in total. The second-order valence-electron chi connectivity index (χ2n) is 6.65. The lowest BCUT2D eigenvalue weighted by atomic mass is 10.2. The molecule has 1 aliphatic rings. The summed E-state index contributed by atoms with van der Waals surface area (Å²) in [4.78, 5) is 11.1. The molecule has 1 fully saturated rings. The predicted octanol–water partition coefficient (Wildman–Crippen LogP) is 4.37. The van der Waals surface area contributed by atoms with Crippen molar-refractivity contribution < 1.29 is 23.7 Å². The van der Waals surface area contributed by atoms with Crippen LogP contribution < -0.4 is 4.74 Å². The zero-order chi connectivity index (χ0) is 19.4. The van der Waals surface area contributed by atoms with E-state index in [0.29, 0.717) is 19.3 Å². The third kappa shape index (κ3) is 10.4. The highest BCUT2D eigenvalue weighted by atomic mass is 16.7. The summed E-state index contributed by atoms with van der Waals surface area (Å²) in [5, 5.41) is 0. The maximum atomic E-state index is 11.1. The third-order valence-electron chi connectivity index (χ3n) is 3.77. The summed E-state index contributed by atoms with van der Waals surface area (Å²) in [5.74, 6) is 0.647. The van der Waals surface area contributed by atoms with E-state index in [-0.39, 0.29) is 11.9 Å². The summed E-state index contributed by atoms with van der Waals surface area (Å²) in [5.41, 5.74) is 1.34. The Balaban J connectivity index is 0.000000260. The number of hydrogen-bond donors (Lipinski definition) is 0. The van der Waals surface area contributed by atoms with Crippen molar-refractivity contribution >= 4 is 5.97 Å². The molecular formula is C21H34O5. The van der Waals surface area contributed by atoms with Crippen LogP contribution in [0.15, 0.2) is 24.3 Å². The summed E-state index contributed by atoms with van der Waals surface area (Å²) < 4.78 is 20.8. The van der Waals surface area contributed by atoms with Gasteiger partial charge in [0.2, 0.25) is 0 Å². The van der Waals surface area contributed by atoms with Crippen molar-refractivity contribution in [3.63, 3.8) is 0 Å². The molecule has 148 valence electrons. The van der Waals surface area contributed by atoms with Crippen LogP contribution in [0.1, 0.15) is 53.0 Å². The molecule has 0 aliphatic carbocycles. The molecule has 1 aliphatic heterocycles. The first-order valence-electron chi connectivity index (χ1n) is 9.61. The normalized spacial score (nSPS) is 16.5. The van der Waals surface area contributed by atoms with E-state index >= 15 is 0 Å². The third-order valence-corrected chi connectivity index (χ3v) is 3.77. The number of carbonyl (C=O) groups is 1. The number of ether oxygens (including phenoxy) is 4. The highest BCUT2D eigenvalue weighted by Crippen LogP contribution is 2.15. The zero-order valence-corrected chi connectivity index (χ0v) is 16.8. The van der Waals surface area contributed by atoms with Gasteiger partial charge >= 0.3 is 5.97 Å². The van der Waals surface area contributed by atoms with Crippen LogP contribution in [0.25, 0.3) is 0 Å². The number of rotatable bonds is 10. The smallest absolute Gasteiger partial charge is 0.310 e. The van der Waals surface area contributed by atoms with Gasteiger partial charge in [-0.25, -0.2) is 0 Å². The molecule has 2 rings (SSSR count). The Morgan fingerprint density at radius 3 is 2.35 bits per heavy atom. The Bertz CT molecular complexity index is 494. The van der Waals surface area contributed by atoms with E-state index < -0.39 is 6.29 Å². The van der Waals surface area contributed by atoms with Crippen molar-refractivity contribution in [1.82, 2.24) is 0 Å². The molecule has 2 atom stereocenters. The average Bonchev–Trinajstić information content (AvgIpc) is 3.45. The molecule has 0 radical (unpaired) electrons. The van der Waals surface area contributed by atoms with Gasteiger partial charge in [0.15, 0.2) is 6.29 Å². The lowest BCUT2D eigenvalue weighted by molar-refractivity contribution is -0.178. The first-order chi connectivity index (χ1) is 12.5. The number of esters is 1. The zero-order valence-electron chi connectivity index (χ0n) is 16.8. The van der Waals surface area contributed by atoms with E-state index in [1.807, 2.05) is 12.1 Å². The summed E-state index contributed by atoms with van der Waals surface area (Å²) in [6.45, 7) is 11.8. The lowest BCUT2D eigenvalue weighted by Gasteiger charge is -2.15. The van der Waals surface area contributed by atoms with Gasteiger partial charge in [0.25, 0.3) is 0 Å². The van der Waals surface area contributed by atoms with Gasteiger partial charge in [-0.1, -0.05) is 46.2 Å². The van der Waals surface area contributed by atoms with Gasteiger partial charge in [-0.15, -0.1) is 0 Å². The summed E-state index contributed by atoms with van der Waals surface area (Å²) in [6.07, 6.45) is 3.09. The minimum Gasteiger partial charge on any atom is -0.491 e. The van der Waals surface area contributed by atoms with Crippen LogP contribution >= 0.6 is 0 Å². The lowest BCUT2D eigenvalue weighted by Crippen LogP contribution is -2.21. The second kappa shape index (κ2) is 12.7. The minimum atomic E-state index is -0.415. The van der Waals surface area contributed by atoms with Crippen LogP contribution in [0.5, 0.6) is 5.75 Å². The summed E-state index contributed by atoms with van der Waals surface area (Å²) >= 11 is 0. The van der Waals surface area contributed by atoms with Crippen molar-refractivity contribution in [1.29, 1.82) is 0 Å². The van der Waals surface area contributed by atoms with Crippen molar-refractivity contribution in [3.8, 4) is 5.75 Å². The number of unbranched alkanes of at least 4 members (excludes halogenated alkanes) is 1. The Morgan fingerprint density at radius 1 is 1.19 bits per heavy atom. The summed E-state index contributed by atoms with van der Waals surface area (Å²) in [6, 6.07) is 8.23. The molecule has 1 aromatic carbocycles. The van der Waals surface area contributed by atoms with Gasteiger partial charge < -0.3 is 18.9 Å². The molecule has 0 bridgehead atoms. The van der Waals surface area contributed by atoms with Crippen LogP contribution in [0.4, 0.5) is 0 Å². The molecule has 1 saturated heterocycles. The number of hydrogen-bond acceptors (Lipinski definition) is 5. The molecule has 1 aromatic rings. The van der Waals surface area contributed by atoms with Crippen LogP contribution in [-0.4, -0.2) is 38.2 Å². The van der Waals surface area contributed by atoms with Crippen molar-refractivity contribution in [2.45, 2.75) is 66.3 Å². The molecule has 0 amide bonds. The number of epoxide rings is 1. The predicted molar refractivity (Wildman–Crippen MR) is 102 cm³/mol. The van der Waals surface area contributed by atoms with E-state index in [2.05, 4.69) is 26.0 Å².